The van der Waals surface area contributed by atoms with Gasteiger partial charge in [-0.3, -0.25) is 9.59 Å². The minimum Gasteiger partial charge on any atom is -0.494 e. The fourth-order valence-corrected chi connectivity index (χ4v) is 3.70. The number of aromatic nitrogens is 1. The predicted octanol–water partition coefficient (Wildman–Crippen LogP) is 5.58. The van der Waals surface area contributed by atoms with Gasteiger partial charge in [-0.2, -0.15) is 0 Å². The van der Waals surface area contributed by atoms with Crippen LogP contribution in [-0.4, -0.2) is 37.9 Å². The molecule has 0 radical (unpaired) electrons. The van der Waals surface area contributed by atoms with Gasteiger partial charge in [-0.15, -0.1) is 0 Å². The summed E-state index contributed by atoms with van der Waals surface area (Å²) in [4.78, 5) is 30.0. The van der Waals surface area contributed by atoms with Gasteiger partial charge in [-0.1, -0.05) is 23.7 Å². The van der Waals surface area contributed by atoms with E-state index in [9.17, 15) is 9.59 Å². The number of hydrogen-bond donors (Lipinski definition) is 0. The minimum absolute atomic E-state index is 0.0213. The summed E-state index contributed by atoms with van der Waals surface area (Å²) in [6, 6.07) is 13.7. The summed E-state index contributed by atoms with van der Waals surface area (Å²) in [5.74, 6) is 1.09. The molecule has 0 N–H and O–H groups in total. The molecular weight excluding hydrogens is 430 g/mol. The Morgan fingerprint density at radius 3 is 2.16 bits per heavy atom. The van der Waals surface area contributed by atoms with Gasteiger partial charge in [0, 0.05) is 24.0 Å². The molecule has 1 heterocycles. The van der Waals surface area contributed by atoms with Gasteiger partial charge >= 0.3 is 0 Å². The number of nitrogens with zero attached hydrogens (tertiary/aromatic N) is 1. The van der Waals surface area contributed by atoms with E-state index in [1.807, 2.05) is 19.1 Å². The van der Waals surface area contributed by atoms with Crippen molar-refractivity contribution in [1.82, 2.24) is 4.98 Å². The van der Waals surface area contributed by atoms with Gasteiger partial charge in [0.05, 0.1) is 26.4 Å². The van der Waals surface area contributed by atoms with E-state index in [-0.39, 0.29) is 30.1 Å². The van der Waals surface area contributed by atoms with E-state index >= 15 is 0 Å². The molecule has 0 fully saturated rings. The number of halogens is 1. The van der Waals surface area contributed by atoms with Crippen LogP contribution in [0.5, 0.6) is 17.2 Å². The van der Waals surface area contributed by atoms with Crippen molar-refractivity contribution in [2.45, 2.75) is 19.8 Å². The molecule has 0 saturated carbocycles. The molecule has 1 aromatic heterocycles. The van der Waals surface area contributed by atoms with Gasteiger partial charge in [0.25, 0.3) is 0 Å². The lowest BCUT2D eigenvalue weighted by atomic mass is 10.0. The van der Waals surface area contributed by atoms with Gasteiger partial charge in [-0.05, 0) is 48.9 Å². The Morgan fingerprint density at radius 1 is 0.844 bits per heavy atom. The molecule has 0 aliphatic heterocycles. The fraction of sp³-hybridized carbons (Fsp3) is 0.240. The highest BCUT2D eigenvalue weighted by Crippen LogP contribution is 2.36. The molecule has 166 valence electrons. The molecule has 6 nitrogen and oxygen atoms in total. The molecule has 32 heavy (non-hydrogen) atoms. The van der Waals surface area contributed by atoms with Crippen molar-refractivity contribution in [3.8, 4) is 28.5 Å². The van der Waals surface area contributed by atoms with Gasteiger partial charge in [0.1, 0.15) is 17.1 Å². The number of ketones is 2. The van der Waals surface area contributed by atoms with E-state index in [2.05, 4.69) is 4.98 Å². The topological polar surface area (TPSA) is 74.7 Å². The Morgan fingerprint density at radius 2 is 1.50 bits per heavy atom. The molecule has 0 spiro atoms. The lowest BCUT2D eigenvalue weighted by Gasteiger charge is -2.13. The standard InChI is InChI=1S/C25H24ClNO5/c1-15-6-5-7-17(26)24(15)25-22(31-3)13-9-18(27-25)20(29)11-10-19(28)16-8-12-21(30-2)23(14-16)32-4/h5-9,12-14H,10-11H2,1-4H3. The zero-order valence-electron chi connectivity index (χ0n) is 18.4. The van der Waals surface area contributed by atoms with Crippen LogP contribution in [0.1, 0.15) is 39.3 Å². The number of pyridine rings is 1. The van der Waals surface area contributed by atoms with Crippen LogP contribution in [0.3, 0.4) is 0 Å². The van der Waals surface area contributed by atoms with Crippen molar-refractivity contribution in [2.24, 2.45) is 0 Å². The van der Waals surface area contributed by atoms with Crippen molar-refractivity contribution in [2.75, 3.05) is 21.3 Å². The van der Waals surface area contributed by atoms with Crippen LogP contribution >= 0.6 is 11.6 Å². The first-order chi connectivity index (χ1) is 15.4. The second-order valence-corrected chi connectivity index (χ2v) is 7.50. The monoisotopic (exact) mass is 453 g/mol. The number of Topliss-reactive ketones (excluding diaryl/α,β-unsaturated/α-hetero) is 2. The summed E-state index contributed by atoms with van der Waals surface area (Å²) in [6.45, 7) is 1.92. The largest absolute Gasteiger partial charge is 0.494 e. The number of methoxy groups -OCH3 is 3. The molecule has 0 saturated heterocycles. The van der Waals surface area contributed by atoms with E-state index in [1.165, 1.54) is 21.3 Å². The molecule has 3 rings (SSSR count). The van der Waals surface area contributed by atoms with Crippen molar-refractivity contribution in [3.05, 3.63) is 70.4 Å². The Labute approximate surface area is 192 Å². The zero-order chi connectivity index (χ0) is 23.3. The Kier molecular flexibility index (Phi) is 7.49. The first kappa shape index (κ1) is 23.3. The molecule has 3 aromatic rings. The first-order valence-corrected chi connectivity index (χ1v) is 10.4. The number of aryl methyl sites for hydroxylation is 1. The Balaban J connectivity index is 1.81. The van der Waals surface area contributed by atoms with Crippen LogP contribution in [0.15, 0.2) is 48.5 Å². The van der Waals surface area contributed by atoms with Gasteiger partial charge in [0.2, 0.25) is 0 Å². The molecule has 0 unspecified atom stereocenters. The summed E-state index contributed by atoms with van der Waals surface area (Å²) < 4.78 is 15.9. The van der Waals surface area contributed by atoms with E-state index < -0.39 is 0 Å². The number of rotatable bonds is 9. The number of benzene rings is 2. The number of carbonyl (C=O) groups excluding carboxylic acids is 2. The number of hydrogen-bond acceptors (Lipinski definition) is 6. The average molecular weight is 454 g/mol. The van der Waals surface area contributed by atoms with Crippen molar-refractivity contribution in [1.29, 1.82) is 0 Å². The van der Waals surface area contributed by atoms with E-state index in [4.69, 9.17) is 25.8 Å². The molecule has 7 heteroatoms. The predicted molar refractivity (Wildman–Crippen MR) is 123 cm³/mol. The maximum Gasteiger partial charge on any atom is 0.181 e. The smallest absolute Gasteiger partial charge is 0.181 e. The normalized spacial score (nSPS) is 10.5. The molecule has 0 bridgehead atoms. The third kappa shape index (κ3) is 4.92. The molecule has 0 aliphatic rings. The summed E-state index contributed by atoms with van der Waals surface area (Å²) in [5.41, 5.74) is 2.82. The minimum atomic E-state index is -0.243. The van der Waals surface area contributed by atoms with Crippen LogP contribution in [0.4, 0.5) is 0 Å². The SMILES string of the molecule is COc1ccc(C(=O)CCC(=O)c2ccc(OC)c(-c3c(C)cccc3Cl)n2)cc1OC. The molecule has 2 aromatic carbocycles. The average Bonchev–Trinajstić information content (AvgIpc) is 2.81. The van der Waals surface area contributed by atoms with Crippen LogP contribution in [0, 0.1) is 6.92 Å². The maximum absolute atomic E-state index is 12.8. The highest BCUT2D eigenvalue weighted by Gasteiger charge is 2.19. The highest BCUT2D eigenvalue weighted by atomic mass is 35.5. The maximum atomic E-state index is 12.8. The zero-order valence-corrected chi connectivity index (χ0v) is 19.2. The lowest BCUT2D eigenvalue weighted by Crippen LogP contribution is -2.08. The molecular formula is C25H24ClNO5. The molecule has 0 atom stereocenters. The Bertz CT molecular complexity index is 1140. The van der Waals surface area contributed by atoms with Crippen molar-refractivity contribution in [3.63, 3.8) is 0 Å². The summed E-state index contributed by atoms with van der Waals surface area (Å²) in [6.07, 6.45) is 0.0654. The van der Waals surface area contributed by atoms with E-state index in [0.717, 1.165) is 5.56 Å². The third-order valence-electron chi connectivity index (χ3n) is 5.11. The van der Waals surface area contributed by atoms with Gasteiger partial charge in [-0.25, -0.2) is 4.98 Å². The van der Waals surface area contributed by atoms with Crippen molar-refractivity contribution >= 4 is 23.2 Å². The summed E-state index contributed by atoms with van der Waals surface area (Å²) in [5, 5.41) is 0.518. The number of ether oxygens (including phenoxy) is 3. The van der Waals surface area contributed by atoms with Crippen LogP contribution in [-0.2, 0) is 0 Å². The van der Waals surface area contributed by atoms with Crippen molar-refractivity contribution < 1.29 is 23.8 Å². The van der Waals surface area contributed by atoms with Crippen LogP contribution in [0.25, 0.3) is 11.3 Å². The summed E-state index contributed by atoms with van der Waals surface area (Å²) >= 11 is 6.40. The van der Waals surface area contributed by atoms with Gasteiger partial charge < -0.3 is 14.2 Å². The van der Waals surface area contributed by atoms with E-state index in [0.29, 0.717) is 39.1 Å². The van der Waals surface area contributed by atoms with Gasteiger partial charge in [0.15, 0.2) is 23.1 Å². The number of carbonyl (C=O) groups is 2. The fourth-order valence-electron chi connectivity index (χ4n) is 3.39. The lowest BCUT2D eigenvalue weighted by molar-refractivity contribution is 0.0915. The first-order valence-electron chi connectivity index (χ1n) is 9.98. The Hall–Kier alpha value is -3.38. The van der Waals surface area contributed by atoms with Crippen LogP contribution in [0.2, 0.25) is 5.02 Å². The van der Waals surface area contributed by atoms with Crippen LogP contribution < -0.4 is 14.2 Å². The second-order valence-electron chi connectivity index (χ2n) is 7.10. The molecule has 0 aliphatic carbocycles. The second kappa shape index (κ2) is 10.3. The van der Waals surface area contributed by atoms with E-state index in [1.54, 1.807) is 36.4 Å². The quantitative estimate of drug-likeness (QED) is 0.393. The molecule has 0 amide bonds. The third-order valence-corrected chi connectivity index (χ3v) is 5.42. The summed E-state index contributed by atoms with van der Waals surface area (Å²) in [7, 11) is 4.57. The highest BCUT2D eigenvalue weighted by molar-refractivity contribution is 6.33.